The lowest BCUT2D eigenvalue weighted by molar-refractivity contribution is -0.124. The molecule has 0 aliphatic heterocycles. The normalized spacial score (nSPS) is 11.7. The predicted molar refractivity (Wildman–Crippen MR) is 96.8 cm³/mol. The highest BCUT2D eigenvalue weighted by molar-refractivity contribution is 9.10. The summed E-state index contributed by atoms with van der Waals surface area (Å²) in [7, 11) is 0. The lowest BCUT2D eigenvalue weighted by Gasteiger charge is -2.15. The van der Waals surface area contributed by atoms with Crippen molar-refractivity contribution in [3.05, 3.63) is 69.4 Å². The summed E-state index contributed by atoms with van der Waals surface area (Å²) in [6.45, 7) is 3.49. The summed E-state index contributed by atoms with van der Waals surface area (Å²) >= 11 is 3.15. The Bertz CT molecular complexity index is 762. The Morgan fingerprint density at radius 3 is 2.52 bits per heavy atom. The SMILES string of the molecule is CCc1ccc([C@@H](C)NC(=O)COC(=O)c2cc(F)ccc2Br)cc1. The summed E-state index contributed by atoms with van der Waals surface area (Å²) in [5.74, 6) is -1.74. The Labute approximate surface area is 154 Å². The van der Waals surface area contributed by atoms with E-state index in [-0.39, 0.29) is 11.6 Å². The highest BCUT2D eigenvalue weighted by atomic mass is 79.9. The zero-order valence-corrected chi connectivity index (χ0v) is 15.6. The van der Waals surface area contributed by atoms with E-state index in [1.165, 1.54) is 17.7 Å². The van der Waals surface area contributed by atoms with Crippen molar-refractivity contribution in [1.29, 1.82) is 0 Å². The van der Waals surface area contributed by atoms with E-state index in [1.54, 1.807) is 0 Å². The number of rotatable bonds is 6. The monoisotopic (exact) mass is 407 g/mol. The number of halogens is 2. The van der Waals surface area contributed by atoms with Crippen molar-refractivity contribution >= 4 is 27.8 Å². The minimum absolute atomic E-state index is 0.0380. The third-order valence-corrected chi connectivity index (χ3v) is 4.44. The number of hydrogen-bond donors (Lipinski definition) is 1. The molecule has 1 N–H and O–H groups in total. The van der Waals surface area contributed by atoms with E-state index in [0.717, 1.165) is 18.1 Å². The van der Waals surface area contributed by atoms with Crippen LogP contribution in [-0.4, -0.2) is 18.5 Å². The third-order valence-electron chi connectivity index (χ3n) is 3.75. The highest BCUT2D eigenvalue weighted by Crippen LogP contribution is 2.19. The Balaban J connectivity index is 1.89. The second-order valence-corrected chi connectivity index (χ2v) is 6.44. The standard InChI is InChI=1S/C19H19BrFNO3/c1-3-13-4-6-14(7-5-13)12(2)22-18(23)11-25-19(24)16-10-15(21)8-9-17(16)20/h4-10,12H,3,11H2,1-2H3,(H,22,23)/t12-/m1/s1. The molecule has 4 nitrogen and oxygen atoms in total. The summed E-state index contributed by atoms with van der Waals surface area (Å²) in [4.78, 5) is 23.9. The van der Waals surface area contributed by atoms with Crippen LogP contribution in [0.3, 0.4) is 0 Å². The van der Waals surface area contributed by atoms with Gasteiger partial charge < -0.3 is 10.1 Å². The van der Waals surface area contributed by atoms with E-state index >= 15 is 0 Å². The van der Waals surface area contributed by atoms with Gasteiger partial charge in [-0.2, -0.15) is 0 Å². The van der Waals surface area contributed by atoms with Crippen molar-refractivity contribution in [1.82, 2.24) is 5.32 Å². The first kappa shape index (κ1) is 19.1. The molecule has 0 saturated heterocycles. The maximum Gasteiger partial charge on any atom is 0.339 e. The molecular weight excluding hydrogens is 389 g/mol. The summed E-state index contributed by atoms with van der Waals surface area (Å²) in [6, 6.07) is 11.4. The van der Waals surface area contributed by atoms with E-state index < -0.39 is 24.3 Å². The van der Waals surface area contributed by atoms with Gasteiger partial charge in [0, 0.05) is 4.47 Å². The Kier molecular flexibility index (Phi) is 6.70. The number of amides is 1. The lowest BCUT2D eigenvalue weighted by atomic mass is 10.1. The molecule has 0 aliphatic rings. The van der Waals surface area contributed by atoms with Crippen LogP contribution in [0.1, 0.15) is 41.4 Å². The van der Waals surface area contributed by atoms with Crippen LogP contribution < -0.4 is 5.32 Å². The molecule has 0 aromatic heterocycles. The average molecular weight is 408 g/mol. The Morgan fingerprint density at radius 2 is 1.88 bits per heavy atom. The fraction of sp³-hybridized carbons (Fsp3) is 0.263. The molecule has 25 heavy (non-hydrogen) atoms. The number of nitrogens with one attached hydrogen (secondary N) is 1. The zero-order chi connectivity index (χ0) is 18.4. The second kappa shape index (κ2) is 8.76. The summed E-state index contributed by atoms with van der Waals surface area (Å²) < 4.78 is 18.6. The molecule has 1 atom stereocenters. The van der Waals surface area contributed by atoms with Crippen LogP contribution in [-0.2, 0) is 16.0 Å². The van der Waals surface area contributed by atoms with Gasteiger partial charge in [0.05, 0.1) is 11.6 Å². The molecule has 0 saturated carbocycles. The van der Waals surface area contributed by atoms with Crippen LogP contribution >= 0.6 is 15.9 Å². The molecule has 2 rings (SSSR count). The van der Waals surface area contributed by atoms with Gasteiger partial charge in [-0.1, -0.05) is 31.2 Å². The van der Waals surface area contributed by atoms with Crippen molar-refractivity contribution in [2.45, 2.75) is 26.3 Å². The third kappa shape index (κ3) is 5.39. The molecular formula is C19H19BrFNO3. The fourth-order valence-corrected chi connectivity index (χ4v) is 2.68. The average Bonchev–Trinajstić information content (AvgIpc) is 2.61. The minimum atomic E-state index is -0.763. The molecule has 2 aromatic rings. The Morgan fingerprint density at radius 1 is 1.20 bits per heavy atom. The maximum atomic E-state index is 13.2. The second-order valence-electron chi connectivity index (χ2n) is 5.58. The van der Waals surface area contributed by atoms with Crippen molar-refractivity contribution in [3.63, 3.8) is 0 Å². The maximum absolute atomic E-state index is 13.2. The quantitative estimate of drug-likeness (QED) is 0.730. The van der Waals surface area contributed by atoms with Gasteiger partial charge in [-0.3, -0.25) is 4.79 Å². The van der Waals surface area contributed by atoms with Gasteiger partial charge in [0.1, 0.15) is 5.82 Å². The van der Waals surface area contributed by atoms with Crippen LogP contribution in [0.5, 0.6) is 0 Å². The smallest absolute Gasteiger partial charge is 0.339 e. The highest BCUT2D eigenvalue weighted by Gasteiger charge is 2.16. The van der Waals surface area contributed by atoms with Crippen LogP contribution in [0.15, 0.2) is 46.9 Å². The van der Waals surface area contributed by atoms with Gasteiger partial charge >= 0.3 is 5.97 Å². The molecule has 0 fully saturated rings. The van der Waals surface area contributed by atoms with Crippen LogP contribution in [0.4, 0.5) is 4.39 Å². The fourth-order valence-electron chi connectivity index (χ4n) is 2.27. The van der Waals surface area contributed by atoms with Crippen molar-refractivity contribution < 1.29 is 18.7 Å². The van der Waals surface area contributed by atoms with Gasteiger partial charge in [-0.15, -0.1) is 0 Å². The summed E-state index contributed by atoms with van der Waals surface area (Å²) in [5.41, 5.74) is 2.22. The first-order valence-electron chi connectivity index (χ1n) is 7.91. The molecule has 1 amide bonds. The summed E-state index contributed by atoms with van der Waals surface area (Å²) in [6.07, 6.45) is 0.951. The molecule has 0 unspecified atom stereocenters. The summed E-state index contributed by atoms with van der Waals surface area (Å²) in [5, 5.41) is 2.76. The van der Waals surface area contributed by atoms with Crippen molar-refractivity contribution in [2.75, 3.05) is 6.61 Å². The van der Waals surface area contributed by atoms with Gasteiger partial charge in [-0.25, -0.2) is 9.18 Å². The number of carbonyl (C=O) groups is 2. The topological polar surface area (TPSA) is 55.4 Å². The number of carbonyl (C=O) groups excluding carboxylic acids is 2. The Hall–Kier alpha value is -2.21. The lowest BCUT2D eigenvalue weighted by Crippen LogP contribution is -2.31. The van der Waals surface area contributed by atoms with Crippen LogP contribution in [0.2, 0.25) is 0 Å². The molecule has 6 heteroatoms. The van der Waals surface area contributed by atoms with E-state index in [0.29, 0.717) is 4.47 Å². The first-order valence-corrected chi connectivity index (χ1v) is 8.70. The van der Waals surface area contributed by atoms with Gasteiger partial charge in [0.15, 0.2) is 6.61 Å². The number of aryl methyl sites for hydroxylation is 1. The molecule has 0 heterocycles. The van der Waals surface area contributed by atoms with E-state index in [2.05, 4.69) is 28.2 Å². The van der Waals surface area contributed by atoms with Crippen LogP contribution in [0, 0.1) is 5.82 Å². The molecule has 0 spiro atoms. The number of benzene rings is 2. The largest absolute Gasteiger partial charge is 0.452 e. The van der Waals surface area contributed by atoms with Crippen LogP contribution in [0.25, 0.3) is 0 Å². The van der Waals surface area contributed by atoms with Crippen molar-refractivity contribution in [3.8, 4) is 0 Å². The zero-order valence-electron chi connectivity index (χ0n) is 14.0. The molecule has 132 valence electrons. The molecule has 0 aliphatic carbocycles. The number of esters is 1. The predicted octanol–water partition coefficient (Wildman–Crippen LogP) is 4.18. The molecule has 0 radical (unpaired) electrons. The van der Waals surface area contributed by atoms with E-state index in [1.807, 2.05) is 31.2 Å². The van der Waals surface area contributed by atoms with E-state index in [4.69, 9.17) is 4.74 Å². The van der Waals surface area contributed by atoms with E-state index in [9.17, 15) is 14.0 Å². The number of ether oxygens (including phenoxy) is 1. The van der Waals surface area contributed by atoms with Crippen molar-refractivity contribution in [2.24, 2.45) is 0 Å². The number of hydrogen-bond acceptors (Lipinski definition) is 3. The van der Waals surface area contributed by atoms with Gasteiger partial charge in [0.25, 0.3) is 5.91 Å². The van der Waals surface area contributed by atoms with Gasteiger partial charge in [-0.05, 0) is 58.6 Å². The molecule has 0 bridgehead atoms. The van der Waals surface area contributed by atoms with Gasteiger partial charge in [0.2, 0.25) is 0 Å². The molecule has 2 aromatic carbocycles. The first-order chi connectivity index (χ1) is 11.9. The minimum Gasteiger partial charge on any atom is -0.452 e.